The first kappa shape index (κ1) is 20.0. The molecule has 0 aromatic heterocycles. The van der Waals surface area contributed by atoms with Crippen molar-refractivity contribution in [3.8, 4) is 11.5 Å². The minimum atomic E-state index is -0.378. The van der Waals surface area contributed by atoms with Gasteiger partial charge in [0.2, 0.25) is 0 Å². The number of aliphatic hydroxyl groups excluding tert-OH is 1. The summed E-state index contributed by atoms with van der Waals surface area (Å²) in [7, 11) is 0. The summed E-state index contributed by atoms with van der Waals surface area (Å²) in [6.07, 6.45) is -0.378. The van der Waals surface area contributed by atoms with Gasteiger partial charge in [-0.2, -0.15) is 0 Å². The zero-order chi connectivity index (χ0) is 18.2. The molecule has 136 valence electrons. The molecule has 0 spiro atoms. The number of ether oxygens (including phenoxy) is 2. The Morgan fingerprint density at radius 1 is 1.16 bits per heavy atom. The maximum absolute atomic E-state index is 9.34. The summed E-state index contributed by atoms with van der Waals surface area (Å²) in [6, 6.07) is 11.5. The van der Waals surface area contributed by atoms with Crippen molar-refractivity contribution in [1.29, 1.82) is 0 Å². The summed E-state index contributed by atoms with van der Waals surface area (Å²) < 4.78 is 12.5. The second-order valence-corrected chi connectivity index (χ2v) is 7.02. The van der Waals surface area contributed by atoms with Crippen LogP contribution in [-0.4, -0.2) is 24.4 Å². The molecule has 2 rings (SSSR count). The van der Waals surface area contributed by atoms with Gasteiger partial charge in [0.25, 0.3) is 0 Å². The smallest absolute Gasteiger partial charge is 0.175 e. The van der Waals surface area contributed by atoms with Crippen molar-refractivity contribution in [3.05, 3.63) is 57.0 Å². The van der Waals surface area contributed by atoms with Crippen molar-refractivity contribution in [2.45, 2.75) is 33.1 Å². The molecule has 0 amide bonds. The predicted octanol–water partition coefficient (Wildman–Crippen LogP) is 4.55. The van der Waals surface area contributed by atoms with Crippen molar-refractivity contribution < 1.29 is 14.6 Å². The normalized spacial score (nSPS) is 12.0. The zero-order valence-corrected chi connectivity index (χ0v) is 16.7. The molecule has 0 unspecified atom stereocenters. The van der Waals surface area contributed by atoms with Crippen LogP contribution in [0.5, 0.6) is 11.5 Å². The van der Waals surface area contributed by atoms with Gasteiger partial charge in [0, 0.05) is 18.1 Å². The zero-order valence-electron chi connectivity index (χ0n) is 14.4. The molecule has 2 N–H and O–H groups in total. The Bertz CT molecular complexity index is 677. The summed E-state index contributed by atoms with van der Waals surface area (Å²) in [5.74, 6) is 1.37. The second kappa shape index (κ2) is 10.0. The first-order valence-corrected chi connectivity index (χ1v) is 9.38. The summed E-state index contributed by atoms with van der Waals surface area (Å²) >= 11 is 9.48. The lowest BCUT2D eigenvalue weighted by atomic mass is 10.2. The van der Waals surface area contributed by atoms with E-state index in [-0.39, 0.29) is 6.10 Å². The Kier molecular flexibility index (Phi) is 8.03. The van der Waals surface area contributed by atoms with Gasteiger partial charge in [-0.25, -0.2) is 0 Å². The highest BCUT2D eigenvalue weighted by molar-refractivity contribution is 9.10. The lowest BCUT2D eigenvalue weighted by Crippen LogP contribution is -2.23. The molecule has 25 heavy (non-hydrogen) atoms. The van der Waals surface area contributed by atoms with Crippen LogP contribution in [0, 0.1) is 0 Å². The second-order valence-electron chi connectivity index (χ2n) is 5.73. The molecule has 4 nitrogen and oxygen atoms in total. The van der Waals surface area contributed by atoms with E-state index in [1.807, 2.05) is 43.3 Å². The fourth-order valence-corrected chi connectivity index (χ4v) is 3.02. The van der Waals surface area contributed by atoms with Crippen LogP contribution in [0.15, 0.2) is 40.9 Å². The molecule has 0 bridgehead atoms. The number of benzene rings is 2. The third-order valence-electron chi connectivity index (χ3n) is 3.43. The Hall–Kier alpha value is -1.27. The van der Waals surface area contributed by atoms with Gasteiger partial charge in [-0.3, -0.25) is 0 Å². The highest BCUT2D eigenvalue weighted by Gasteiger charge is 2.13. The van der Waals surface area contributed by atoms with Crippen LogP contribution in [0.4, 0.5) is 0 Å². The molecular weight excluding hydrogens is 406 g/mol. The summed E-state index contributed by atoms with van der Waals surface area (Å²) in [5, 5.41) is 13.2. The number of rotatable bonds is 9. The van der Waals surface area contributed by atoms with E-state index in [4.69, 9.17) is 21.1 Å². The third kappa shape index (κ3) is 6.51. The number of nitrogens with one attached hydrogen (secondary N) is 1. The molecule has 0 radical (unpaired) electrons. The van der Waals surface area contributed by atoms with E-state index < -0.39 is 0 Å². The summed E-state index contributed by atoms with van der Waals surface area (Å²) in [5.41, 5.74) is 2.08. The van der Waals surface area contributed by atoms with Crippen molar-refractivity contribution in [2.24, 2.45) is 0 Å². The minimum absolute atomic E-state index is 0.378. The van der Waals surface area contributed by atoms with E-state index in [0.29, 0.717) is 42.8 Å². The van der Waals surface area contributed by atoms with E-state index >= 15 is 0 Å². The molecule has 0 saturated carbocycles. The molecule has 2 aromatic carbocycles. The molecule has 0 fully saturated rings. The molecule has 0 aliphatic carbocycles. The van der Waals surface area contributed by atoms with Gasteiger partial charge in [-0.05, 0) is 65.2 Å². The standard InChI is InChI=1S/C19H23BrClNO3/c1-3-24-18-9-15(11-22-10-13(2)23)8-17(20)19(18)25-12-14-4-6-16(21)7-5-14/h4-9,13,22-23H,3,10-12H2,1-2H3/t13-/m1/s1. The van der Waals surface area contributed by atoms with Crippen LogP contribution in [0.2, 0.25) is 5.02 Å². The van der Waals surface area contributed by atoms with Gasteiger partial charge >= 0.3 is 0 Å². The lowest BCUT2D eigenvalue weighted by molar-refractivity contribution is 0.191. The highest BCUT2D eigenvalue weighted by atomic mass is 79.9. The number of hydrogen-bond donors (Lipinski definition) is 2. The number of halogens is 2. The molecular formula is C19H23BrClNO3. The maximum Gasteiger partial charge on any atom is 0.175 e. The quantitative estimate of drug-likeness (QED) is 0.615. The first-order valence-electron chi connectivity index (χ1n) is 8.20. The maximum atomic E-state index is 9.34. The largest absolute Gasteiger partial charge is 0.490 e. The fraction of sp³-hybridized carbons (Fsp3) is 0.368. The van der Waals surface area contributed by atoms with E-state index in [1.165, 1.54) is 0 Å². The van der Waals surface area contributed by atoms with Crippen molar-refractivity contribution in [2.75, 3.05) is 13.2 Å². The Balaban J connectivity index is 2.11. The topological polar surface area (TPSA) is 50.7 Å². The third-order valence-corrected chi connectivity index (χ3v) is 4.28. The van der Waals surface area contributed by atoms with Gasteiger partial charge in [0.1, 0.15) is 6.61 Å². The van der Waals surface area contributed by atoms with Gasteiger partial charge in [-0.15, -0.1) is 0 Å². The van der Waals surface area contributed by atoms with E-state index in [1.54, 1.807) is 6.92 Å². The predicted molar refractivity (Wildman–Crippen MR) is 104 cm³/mol. The van der Waals surface area contributed by atoms with Crippen molar-refractivity contribution >= 4 is 27.5 Å². The van der Waals surface area contributed by atoms with Crippen LogP contribution in [0.1, 0.15) is 25.0 Å². The highest BCUT2D eigenvalue weighted by Crippen LogP contribution is 2.37. The Labute approximate surface area is 162 Å². The lowest BCUT2D eigenvalue weighted by Gasteiger charge is -2.16. The Morgan fingerprint density at radius 2 is 1.88 bits per heavy atom. The molecule has 0 heterocycles. The van der Waals surface area contributed by atoms with Gasteiger partial charge in [0.15, 0.2) is 11.5 Å². The van der Waals surface area contributed by atoms with Gasteiger partial charge in [0.05, 0.1) is 17.2 Å². The molecule has 0 saturated heterocycles. The SMILES string of the molecule is CCOc1cc(CNC[C@@H](C)O)cc(Br)c1OCc1ccc(Cl)cc1. The van der Waals surface area contributed by atoms with Crippen LogP contribution in [-0.2, 0) is 13.2 Å². The van der Waals surface area contributed by atoms with Crippen LogP contribution < -0.4 is 14.8 Å². The van der Waals surface area contributed by atoms with E-state index in [0.717, 1.165) is 15.6 Å². The number of hydrogen-bond acceptors (Lipinski definition) is 4. The van der Waals surface area contributed by atoms with E-state index in [9.17, 15) is 5.11 Å². The summed E-state index contributed by atoms with van der Waals surface area (Å²) in [4.78, 5) is 0. The van der Waals surface area contributed by atoms with Crippen LogP contribution in [0.25, 0.3) is 0 Å². The molecule has 2 aromatic rings. The van der Waals surface area contributed by atoms with Crippen LogP contribution >= 0.6 is 27.5 Å². The average Bonchev–Trinajstić information content (AvgIpc) is 2.55. The molecule has 6 heteroatoms. The van der Waals surface area contributed by atoms with Gasteiger partial charge < -0.3 is 19.9 Å². The average molecular weight is 429 g/mol. The monoisotopic (exact) mass is 427 g/mol. The fourth-order valence-electron chi connectivity index (χ4n) is 2.29. The molecule has 0 aliphatic heterocycles. The summed E-state index contributed by atoms with van der Waals surface area (Å²) in [6.45, 7) is 5.85. The molecule has 0 aliphatic rings. The van der Waals surface area contributed by atoms with Crippen molar-refractivity contribution in [1.82, 2.24) is 5.32 Å². The van der Waals surface area contributed by atoms with E-state index in [2.05, 4.69) is 21.2 Å². The Morgan fingerprint density at radius 3 is 2.52 bits per heavy atom. The molecule has 1 atom stereocenters. The number of aliphatic hydroxyl groups is 1. The van der Waals surface area contributed by atoms with Gasteiger partial charge in [-0.1, -0.05) is 23.7 Å². The van der Waals surface area contributed by atoms with Crippen LogP contribution in [0.3, 0.4) is 0 Å². The minimum Gasteiger partial charge on any atom is -0.490 e. The first-order chi connectivity index (χ1) is 12.0. The van der Waals surface area contributed by atoms with Crippen molar-refractivity contribution in [3.63, 3.8) is 0 Å².